The molecule has 4 aromatic rings. The summed E-state index contributed by atoms with van der Waals surface area (Å²) in [5.41, 5.74) is 7.47. The summed E-state index contributed by atoms with van der Waals surface area (Å²) in [6.45, 7) is 18.6. The van der Waals surface area contributed by atoms with E-state index in [1.807, 2.05) is 0 Å². The topological polar surface area (TPSA) is 345 Å². The number of fused-ring (bicyclic) bond motifs is 5. The van der Waals surface area contributed by atoms with Crippen LogP contribution in [-0.2, 0) is 103 Å². The monoisotopic (exact) mass is 1330 g/mol. The molecule has 0 spiro atoms. The Morgan fingerprint density at radius 1 is 0.747 bits per heavy atom. The van der Waals surface area contributed by atoms with Gasteiger partial charge in [-0.05, 0) is 97.7 Å². The van der Waals surface area contributed by atoms with Crippen molar-refractivity contribution in [2.45, 2.75) is 130 Å². The molecular formula is C67H95FN8O19. The number of benzene rings is 2. The van der Waals surface area contributed by atoms with Crippen molar-refractivity contribution in [1.29, 1.82) is 0 Å². The van der Waals surface area contributed by atoms with E-state index < -0.39 is 70.9 Å². The Hall–Kier alpha value is -7.25. The van der Waals surface area contributed by atoms with Gasteiger partial charge in [0.25, 0.3) is 5.56 Å². The molecule has 95 heavy (non-hydrogen) atoms. The third-order valence-corrected chi connectivity index (χ3v) is 16.4. The normalized spacial score (nSPS) is 16.0. The molecule has 0 bridgehead atoms. The molecule has 6 amide bonds. The van der Waals surface area contributed by atoms with Crippen LogP contribution in [-0.4, -0.2) is 188 Å². The summed E-state index contributed by atoms with van der Waals surface area (Å²) in [5.74, 6) is -2.66. The molecule has 2 aliphatic heterocycles. The van der Waals surface area contributed by atoms with Crippen molar-refractivity contribution in [2.75, 3.05) is 131 Å². The maximum absolute atomic E-state index is 15.5. The number of urea groups is 1. The number of anilines is 1. The number of aromatic nitrogens is 2. The Kier molecular flexibility index (Phi) is 30.4. The second-order valence-electron chi connectivity index (χ2n) is 24.0. The van der Waals surface area contributed by atoms with Crippen molar-refractivity contribution in [2.24, 2.45) is 17.6 Å². The first-order chi connectivity index (χ1) is 45.8. The van der Waals surface area contributed by atoms with Crippen LogP contribution in [0.2, 0.25) is 0 Å². The summed E-state index contributed by atoms with van der Waals surface area (Å²) in [7, 11) is 0. The van der Waals surface area contributed by atoms with Gasteiger partial charge < -0.3 is 94.1 Å². The number of cyclic esters (lactones) is 1. The quantitative estimate of drug-likeness (QED) is 0.0198. The Morgan fingerprint density at radius 2 is 1.32 bits per heavy atom. The van der Waals surface area contributed by atoms with E-state index in [1.54, 1.807) is 58.0 Å². The van der Waals surface area contributed by atoms with Gasteiger partial charge in [0.2, 0.25) is 17.7 Å². The first-order valence-corrected chi connectivity index (χ1v) is 32.8. The zero-order valence-electron chi connectivity index (χ0n) is 55.5. The van der Waals surface area contributed by atoms with Gasteiger partial charge in [-0.3, -0.25) is 19.2 Å². The maximum Gasteiger partial charge on any atom is 0.407 e. The lowest BCUT2D eigenvalue weighted by Crippen LogP contribution is -2.54. The molecular weight excluding hydrogens is 1240 g/mol. The summed E-state index contributed by atoms with van der Waals surface area (Å²) in [6.07, 6.45) is 1.35. The van der Waals surface area contributed by atoms with Gasteiger partial charge in [0.1, 0.15) is 31.1 Å². The van der Waals surface area contributed by atoms with Gasteiger partial charge in [0.15, 0.2) is 5.60 Å². The van der Waals surface area contributed by atoms with Crippen LogP contribution < -0.4 is 37.9 Å². The average molecular weight is 1340 g/mol. The van der Waals surface area contributed by atoms with E-state index in [4.69, 9.17) is 62.8 Å². The molecule has 7 rings (SSSR count). The van der Waals surface area contributed by atoms with E-state index in [9.17, 15) is 38.7 Å². The standard InChI is InChI=1S/C67H95FN8O19/c1-7-67(84)50-37-55-60-48(39-76(55)63(80)49(50)41-94-64(67)81)58-52(15-14-47-44(6)51(68)38-54(72-60)57(47)58)74-66(83)95-40-45-10-12-46(13-11-45)71-61(78)53(9-8-18-70-65(69)82)73-62(79)59(43(4)5)75-56(77)17-20-86-22-24-88-26-28-90-30-32-92-34-36-93-35-33-91-31-29-89-27-25-87-23-21-85-19-16-42(2)3/h10-13,37-38,42-43,52-53,59,84H,7-9,14-36,39-41H2,1-6H3,(H,71,78)(H,73,79)(H,74,83)(H,75,77)(H3,69,70,82)/t52-,53-,59-,67-/m0/s1. The lowest BCUT2D eigenvalue weighted by atomic mass is 9.81. The van der Waals surface area contributed by atoms with Crippen LogP contribution in [0.3, 0.4) is 0 Å². The summed E-state index contributed by atoms with van der Waals surface area (Å²) in [4.78, 5) is 97.5. The van der Waals surface area contributed by atoms with Crippen molar-refractivity contribution in [3.8, 4) is 11.4 Å². The van der Waals surface area contributed by atoms with Gasteiger partial charge >= 0.3 is 18.1 Å². The number of amides is 6. The first kappa shape index (κ1) is 75.1. The zero-order chi connectivity index (χ0) is 68.3. The lowest BCUT2D eigenvalue weighted by Gasteiger charge is -2.31. The highest BCUT2D eigenvalue weighted by Gasteiger charge is 2.46. The number of nitrogens with one attached hydrogen (secondary N) is 5. The fourth-order valence-corrected chi connectivity index (χ4v) is 11.1. The third-order valence-electron chi connectivity index (χ3n) is 16.4. The van der Waals surface area contributed by atoms with Gasteiger partial charge in [-0.1, -0.05) is 46.8 Å². The van der Waals surface area contributed by atoms with E-state index in [2.05, 4.69) is 40.4 Å². The fraction of sp³-hybridized carbons (Fsp3) is 0.612. The molecule has 1 aliphatic carbocycles. The van der Waals surface area contributed by atoms with E-state index in [1.165, 1.54) is 10.6 Å². The Bertz CT molecular complexity index is 3260. The van der Waals surface area contributed by atoms with Crippen LogP contribution in [0.5, 0.6) is 0 Å². The molecule has 2 aromatic carbocycles. The second-order valence-corrected chi connectivity index (χ2v) is 24.0. The molecule has 8 N–H and O–H groups in total. The van der Waals surface area contributed by atoms with Gasteiger partial charge in [-0.25, -0.2) is 23.8 Å². The van der Waals surface area contributed by atoms with Gasteiger partial charge in [-0.15, -0.1) is 0 Å². The minimum atomic E-state index is -2.05. The van der Waals surface area contributed by atoms with Crippen LogP contribution in [0.4, 0.5) is 19.7 Å². The molecule has 27 nitrogen and oxygen atoms in total. The van der Waals surface area contributed by atoms with Gasteiger partial charge in [-0.2, -0.15) is 0 Å². The van der Waals surface area contributed by atoms with Crippen LogP contribution >= 0.6 is 0 Å². The SMILES string of the molecule is CC[C@@]1(O)C(=O)OCc2c1cc1n(c2=O)Cc2c-1nc1cc(F)c(C)c3c1c2[C@@H](NC(=O)OCc1ccc(NC(=O)[C@H](CCCNC(N)=O)NC(=O)[C@@H](NC(=O)CCOCCOCCOCCOCCOCCOCCOCCOCCOCCC(C)C)C(C)C)cc1)CC3. The number of halogens is 1. The number of hydrogen-bond donors (Lipinski definition) is 7. The van der Waals surface area contributed by atoms with E-state index in [-0.39, 0.29) is 88.9 Å². The van der Waals surface area contributed by atoms with E-state index >= 15 is 4.39 Å². The lowest BCUT2D eigenvalue weighted by molar-refractivity contribution is -0.172. The second kappa shape index (κ2) is 38.5. The molecule has 28 heteroatoms. The molecule has 4 atom stereocenters. The summed E-state index contributed by atoms with van der Waals surface area (Å²) >= 11 is 0. The number of ether oxygens (including phenoxy) is 11. The highest BCUT2D eigenvalue weighted by molar-refractivity contribution is 5.99. The van der Waals surface area contributed by atoms with Crippen LogP contribution in [0.15, 0.2) is 41.2 Å². The number of carbonyl (C=O) groups excluding carboxylic acids is 6. The number of rotatable bonds is 44. The predicted octanol–water partition coefficient (Wildman–Crippen LogP) is 5.04. The van der Waals surface area contributed by atoms with Crippen molar-refractivity contribution >= 4 is 52.4 Å². The number of primary amides is 1. The molecule has 524 valence electrons. The smallest absolute Gasteiger partial charge is 0.407 e. The largest absolute Gasteiger partial charge is 0.458 e. The highest BCUT2D eigenvalue weighted by Crippen LogP contribution is 2.46. The van der Waals surface area contributed by atoms with Crippen molar-refractivity contribution < 1.29 is 90.4 Å². The molecule has 0 saturated carbocycles. The number of aliphatic hydroxyl groups is 1. The molecule has 0 fully saturated rings. The number of nitrogens with zero attached hydrogens (tertiary/aromatic N) is 2. The van der Waals surface area contributed by atoms with Gasteiger partial charge in [0, 0.05) is 47.8 Å². The predicted molar refractivity (Wildman–Crippen MR) is 346 cm³/mol. The number of aryl methyl sites for hydroxylation is 1. The number of alkyl carbamates (subject to hydrolysis) is 1. The molecule has 2 aromatic heterocycles. The molecule has 0 unspecified atom stereocenters. The minimum Gasteiger partial charge on any atom is -0.458 e. The maximum atomic E-state index is 15.5. The number of nitrogens with two attached hydrogens (primary N) is 1. The summed E-state index contributed by atoms with van der Waals surface area (Å²) in [5, 5.41) is 25.9. The van der Waals surface area contributed by atoms with Crippen molar-refractivity contribution in [3.63, 3.8) is 0 Å². The van der Waals surface area contributed by atoms with E-state index in [0.29, 0.717) is 161 Å². The van der Waals surface area contributed by atoms with Crippen LogP contribution in [0.25, 0.3) is 22.3 Å². The number of hydrogen-bond acceptors (Lipinski definition) is 20. The molecule has 4 heterocycles. The first-order valence-electron chi connectivity index (χ1n) is 32.8. The molecule has 0 radical (unpaired) electrons. The summed E-state index contributed by atoms with van der Waals surface area (Å²) < 4.78 is 77.7. The molecule has 3 aliphatic rings. The van der Waals surface area contributed by atoms with Crippen molar-refractivity contribution in [1.82, 2.24) is 30.8 Å². The number of esters is 1. The number of pyridine rings is 2. The Morgan fingerprint density at radius 3 is 1.86 bits per heavy atom. The van der Waals surface area contributed by atoms with Crippen LogP contribution in [0.1, 0.15) is 118 Å². The average Bonchev–Trinajstić information content (AvgIpc) is 1.61. The third kappa shape index (κ3) is 22.1. The van der Waals surface area contributed by atoms with Crippen LogP contribution in [0, 0.1) is 24.6 Å². The Labute approximate surface area is 552 Å². The Balaban J connectivity index is 0.781. The minimum absolute atomic E-state index is 0.0403. The van der Waals surface area contributed by atoms with Crippen molar-refractivity contribution in [3.05, 3.63) is 91.5 Å². The van der Waals surface area contributed by atoms with Gasteiger partial charge in [0.05, 0.1) is 147 Å². The molecule has 0 saturated heterocycles. The zero-order valence-corrected chi connectivity index (χ0v) is 55.5. The summed E-state index contributed by atoms with van der Waals surface area (Å²) in [6, 6.07) is 5.90. The van der Waals surface area contributed by atoms with E-state index in [0.717, 1.165) is 18.6 Å². The fourth-order valence-electron chi connectivity index (χ4n) is 11.1. The number of carbonyl (C=O) groups is 6. The highest BCUT2D eigenvalue weighted by atomic mass is 19.1.